The van der Waals surface area contributed by atoms with Gasteiger partial charge < -0.3 is 9.84 Å². The molecule has 1 aromatic carbocycles. The second-order valence-electron chi connectivity index (χ2n) is 4.67. The molecular weight excluding hydrogens is 346 g/mol. The first-order valence-corrected chi connectivity index (χ1v) is 8.49. The Labute approximate surface area is 128 Å². The Morgan fingerprint density at radius 1 is 1.40 bits per heavy atom. The highest BCUT2D eigenvalue weighted by Gasteiger charge is 2.23. The number of benzene rings is 1. The summed E-state index contributed by atoms with van der Waals surface area (Å²) < 4.78 is 31.9. The predicted octanol–water partition coefficient (Wildman–Crippen LogP) is 1.99. The van der Waals surface area contributed by atoms with Crippen molar-refractivity contribution in [2.45, 2.75) is 31.5 Å². The third kappa shape index (κ3) is 4.53. The van der Waals surface area contributed by atoms with Crippen LogP contribution in [0.15, 0.2) is 27.6 Å². The van der Waals surface area contributed by atoms with Gasteiger partial charge in [-0.1, -0.05) is 6.07 Å². The van der Waals surface area contributed by atoms with Crippen LogP contribution in [-0.4, -0.2) is 44.1 Å². The van der Waals surface area contributed by atoms with Gasteiger partial charge in [0.05, 0.1) is 24.2 Å². The number of aliphatic hydroxyl groups is 1. The number of hydrogen-bond acceptors (Lipinski definition) is 4. The van der Waals surface area contributed by atoms with Crippen molar-refractivity contribution >= 4 is 26.0 Å². The average Bonchev–Trinajstić information content (AvgIpc) is 2.37. The zero-order chi connectivity index (χ0) is 15.3. The van der Waals surface area contributed by atoms with Gasteiger partial charge in [0.25, 0.3) is 0 Å². The average molecular weight is 366 g/mol. The van der Waals surface area contributed by atoms with E-state index in [1.807, 2.05) is 13.8 Å². The van der Waals surface area contributed by atoms with Crippen molar-refractivity contribution in [3.8, 4) is 0 Å². The van der Waals surface area contributed by atoms with Gasteiger partial charge in [-0.25, -0.2) is 8.42 Å². The van der Waals surface area contributed by atoms with E-state index in [-0.39, 0.29) is 24.2 Å². The zero-order valence-electron chi connectivity index (χ0n) is 11.8. The molecule has 0 amide bonds. The molecule has 114 valence electrons. The van der Waals surface area contributed by atoms with Gasteiger partial charge in [-0.15, -0.1) is 0 Å². The summed E-state index contributed by atoms with van der Waals surface area (Å²) in [5, 5.41) is 9.04. The molecule has 0 bridgehead atoms. The molecule has 7 heteroatoms. The summed E-state index contributed by atoms with van der Waals surface area (Å²) in [6.07, 6.45) is 0.0710. The Morgan fingerprint density at radius 2 is 2.05 bits per heavy atom. The van der Waals surface area contributed by atoms with Crippen LogP contribution in [0.1, 0.15) is 19.4 Å². The lowest BCUT2D eigenvalue weighted by molar-refractivity contribution is 0.0737. The number of hydrogen-bond donors (Lipinski definition) is 1. The second-order valence-corrected chi connectivity index (χ2v) is 7.54. The van der Waals surface area contributed by atoms with E-state index in [9.17, 15) is 8.42 Å². The van der Waals surface area contributed by atoms with Crippen LogP contribution in [0.25, 0.3) is 0 Å². The Hall–Kier alpha value is -0.470. The maximum Gasteiger partial charge on any atom is 0.244 e. The molecule has 0 unspecified atom stereocenters. The first-order chi connectivity index (χ1) is 9.28. The minimum Gasteiger partial charge on any atom is -0.392 e. The molecule has 0 aliphatic heterocycles. The maximum atomic E-state index is 12.4. The van der Waals surface area contributed by atoms with Crippen molar-refractivity contribution in [3.63, 3.8) is 0 Å². The number of aliphatic hydroxyl groups excluding tert-OH is 1. The highest BCUT2D eigenvalue weighted by molar-refractivity contribution is 9.10. The van der Waals surface area contributed by atoms with Crippen molar-refractivity contribution < 1.29 is 18.3 Å². The fraction of sp³-hybridized carbons (Fsp3) is 0.538. The molecule has 0 aliphatic rings. The molecule has 0 fully saturated rings. The minimum absolute atomic E-state index is 0.0710. The van der Waals surface area contributed by atoms with Gasteiger partial charge in [-0.05, 0) is 47.5 Å². The third-order valence-electron chi connectivity index (χ3n) is 2.72. The monoisotopic (exact) mass is 365 g/mol. The SMILES string of the molecule is CC(C)OCCN(C)S(=O)(=O)c1ccc(CO)cc1Br. The van der Waals surface area contributed by atoms with E-state index in [0.29, 0.717) is 16.6 Å². The quantitative estimate of drug-likeness (QED) is 0.802. The molecule has 5 nitrogen and oxygen atoms in total. The molecule has 0 saturated carbocycles. The fourth-order valence-corrected chi connectivity index (χ4v) is 3.79. The predicted molar refractivity (Wildman–Crippen MR) is 81.0 cm³/mol. The summed E-state index contributed by atoms with van der Waals surface area (Å²) in [6, 6.07) is 4.69. The summed E-state index contributed by atoms with van der Waals surface area (Å²) in [4.78, 5) is 0.182. The summed E-state index contributed by atoms with van der Waals surface area (Å²) in [6.45, 7) is 4.31. The van der Waals surface area contributed by atoms with Gasteiger partial charge in [0.1, 0.15) is 0 Å². The van der Waals surface area contributed by atoms with E-state index >= 15 is 0 Å². The van der Waals surface area contributed by atoms with Crippen LogP contribution in [0.2, 0.25) is 0 Å². The molecule has 1 aromatic rings. The lowest BCUT2D eigenvalue weighted by atomic mass is 10.2. The van der Waals surface area contributed by atoms with Crippen molar-refractivity contribution in [2.75, 3.05) is 20.2 Å². The van der Waals surface area contributed by atoms with E-state index < -0.39 is 10.0 Å². The molecular formula is C13H20BrNO4S. The molecule has 0 atom stereocenters. The van der Waals surface area contributed by atoms with Crippen LogP contribution in [0.4, 0.5) is 0 Å². The summed E-state index contributed by atoms with van der Waals surface area (Å²) in [5.41, 5.74) is 0.654. The normalized spacial score (nSPS) is 12.3. The van der Waals surface area contributed by atoms with Crippen molar-refractivity contribution in [2.24, 2.45) is 0 Å². The van der Waals surface area contributed by atoms with E-state index in [1.165, 1.54) is 17.4 Å². The summed E-state index contributed by atoms with van der Waals surface area (Å²) in [5.74, 6) is 0. The maximum absolute atomic E-state index is 12.4. The van der Waals surface area contributed by atoms with E-state index in [2.05, 4.69) is 15.9 Å². The van der Waals surface area contributed by atoms with Gasteiger partial charge in [0.2, 0.25) is 10.0 Å². The molecule has 1 rings (SSSR count). The molecule has 0 spiro atoms. The highest BCUT2D eigenvalue weighted by Crippen LogP contribution is 2.25. The number of halogens is 1. The van der Waals surface area contributed by atoms with E-state index in [4.69, 9.17) is 9.84 Å². The summed E-state index contributed by atoms with van der Waals surface area (Å²) >= 11 is 3.24. The van der Waals surface area contributed by atoms with Gasteiger partial charge >= 0.3 is 0 Å². The third-order valence-corrected chi connectivity index (χ3v) is 5.56. The first-order valence-electron chi connectivity index (χ1n) is 6.26. The molecule has 0 radical (unpaired) electrons. The smallest absolute Gasteiger partial charge is 0.244 e. The molecule has 1 N–H and O–H groups in total. The molecule has 0 aliphatic carbocycles. The van der Waals surface area contributed by atoms with Gasteiger partial charge in [-0.3, -0.25) is 0 Å². The molecule has 20 heavy (non-hydrogen) atoms. The number of nitrogens with zero attached hydrogens (tertiary/aromatic N) is 1. The summed E-state index contributed by atoms with van der Waals surface area (Å²) in [7, 11) is -2.05. The Morgan fingerprint density at radius 3 is 2.55 bits per heavy atom. The minimum atomic E-state index is -3.57. The Kier molecular flexibility index (Phi) is 6.60. The van der Waals surface area contributed by atoms with Crippen molar-refractivity contribution in [1.82, 2.24) is 4.31 Å². The topological polar surface area (TPSA) is 66.8 Å². The van der Waals surface area contributed by atoms with E-state index in [1.54, 1.807) is 12.1 Å². The lowest BCUT2D eigenvalue weighted by Gasteiger charge is -2.19. The zero-order valence-corrected chi connectivity index (χ0v) is 14.2. The van der Waals surface area contributed by atoms with Gasteiger partial charge in [0.15, 0.2) is 0 Å². The number of rotatable bonds is 7. The van der Waals surface area contributed by atoms with Crippen LogP contribution in [0.3, 0.4) is 0 Å². The van der Waals surface area contributed by atoms with Crippen LogP contribution in [-0.2, 0) is 21.4 Å². The second kappa shape index (κ2) is 7.51. The number of ether oxygens (including phenoxy) is 1. The van der Waals surface area contributed by atoms with Crippen LogP contribution in [0.5, 0.6) is 0 Å². The van der Waals surface area contributed by atoms with Gasteiger partial charge in [-0.2, -0.15) is 4.31 Å². The number of likely N-dealkylation sites (N-methyl/N-ethyl adjacent to an activating group) is 1. The lowest BCUT2D eigenvalue weighted by Crippen LogP contribution is -2.31. The molecule has 0 saturated heterocycles. The Balaban J connectivity index is 2.87. The van der Waals surface area contributed by atoms with Gasteiger partial charge in [0, 0.05) is 18.1 Å². The first kappa shape index (κ1) is 17.6. The number of sulfonamides is 1. The van der Waals surface area contributed by atoms with Crippen molar-refractivity contribution in [1.29, 1.82) is 0 Å². The van der Waals surface area contributed by atoms with Crippen molar-refractivity contribution in [3.05, 3.63) is 28.2 Å². The van der Waals surface area contributed by atoms with Crippen LogP contribution < -0.4 is 0 Å². The highest BCUT2D eigenvalue weighted by atomic mass is 79.9. The largest absolute Gasteiger partial charge is 0.392 e. The van der Waals surface area contributed by atoms with E-state index in [0.717, 1.165) is 0 Å². The standard InChI is InChI=1S/C13H20BrNO4S/c1-10(2)19-7-6-15(3)20(17,18)13-5-4-11(9-16)8-12(13)14/h4-5,8,10,16H,6-7,9H2,1-3H3. The van der Waals surface area contributed by atoms with Crippen LogP contribution >= 0.6 is 15.9 Å². The van der Waals surface area contributed by atoms with Crippen LogP contribution in [0, 0.1) is 0 Å². The Bertz CT molecular complexity index is 545. The molecule has 0 aromatic heterocycles. The molecule has 0 heterocycles. The fourth-order valence-electron chi connectivity index (χ4n) is 1.56.